The third-order valence-corrected chi connectivity index (χ3v) is 6.77. The highest BCUT2D eigenvalue weighted by atomic mass is 16.5. The van der Waals surface area contributed by atoms with Crippen molar-refractivity contribution in [2.45, 2.75) is 25.4 Å². The molecule has 0 fully saturated rings. The monoisotopic (exact) mass is 465 g/mol. The van der Waals surface area contributed by atoms with E-state index >= 15 is 0 Å². The molecule has 2 aliphatic heterocycles. The maximum atomic E-state index is 5.66. The predicted octanol–water partition coefficient (Wildman–Crippen LogP) is 4.44. The lowest BCUT2D eigenvalue weighted by molar-refractivity contribution is 0.188. The highest BCUT2D eigenvalue weighted by molar-refractivity contribution is 5.95. The second-order valence-corrected chi connectivity index (χ2v) is 8.94. The number of hydrogen-bond acceptors (Lipinski definition) is 7. The van der Waals surface area contributed by atoms with Crippen molar-refractivity contribution in [1.29, 1.82) is 0 Å². The van der Waals surface area contributed by atoms with Crippen molar-refractivity contribution in [3.63, 3.8) is 0 Å². The van der Waals surface area contributed by atoms with Crippen molar-refractivity contribution in [3.8, 4) is 28.4 Å². The van der Waals surface area contributed by atoms with Crippen LogP contribution in [0.4, 0.5) is 0 Å². The molecule has 3 aromatic heterocycles. The number of benzene rings is 2. The van der Waals surface area contributed by atoms with Crippen LogP contribution >= 0.6 is 0 Å². The van der Waals surface area contributed by atoms with Gasteiger partial charge in [0.25, 0.3) is 0 Å². The van der Waals surface area contributed by atoms with Gasteiger partial charge in [-0.25, -0.2) is 4.98 Å². The minimum absolute atomic E-state index is 0.0970. The van der Waals surface area contributed by atoms with Crippen molar-refractivity contribution in [2.24, 2.45) is 0 Å². The van der Waals surface area contributed by atoms with Crippen LogP contribution in [0.1, 0.15) is 29.5 Å². The summed E-state index contributed by atoms with van der Waals surface area (Å²) in [7, 11) is 0. The Morgan fingerprint density at radius 2 is 1.97 bits per heavy atom. The minimum Gasteiger partial charge on any atom is -0.493 e. The molecular formula is C26H23N7O2. The number of fused-ring (bicyclic) bond motifs is 2. The molecule has 0 bridgehead atoms. The first kappa shape index (κ1) is 20.2. The molecule has 0 unspecified atom stereocenters. The molecular weight excluding hydrogens is 442 g/mol. The van der Waals surface area contributed by atoms with Gasteiger partial charge in [-0.2, -0.15) is 10.2 Å². The van der Waals surface area contributed by atoms with Crippen LogP contribution in [0.15, 0.2) is 65.4 Å². The maximum Gasteiger partial charge on any atom is 0.181 e. The molecule has 1 atom stereocenters. The van der Waals surface area contributed by atoms with E-state index in [1.807, 2.05) is 24.3 Å². The zero-order valence-electron chi connectivity index (χ0n) is 18.9. The zero-order valence-corrected chi connectivity index (χ0v) is 18.9. The second-order valence-electron chi connectivity index (χ2n) is 8.94. The summed E-state index contributed by atoms with van der Waals surface area (Å²) in [6, 6.07) is 14.4. The van der Waals surface area contributed by atoms with Crippen LogP contribution < -0.4 is 4.74 Å². The summed E-state index contributed by atoms with van der Waals surface area (Å²) in [5.41, 5.74) is 6.05. The largest absolute Gasteiger partial charge is 0.493 e. The van der Waals surface area contributed by atoms with Gasteiger partial charge in [-0.1, -0.05) is 17.3 Å². The molecule has 9 heteroatoms. The molecule has 0 saturated carbocycles. The van der Waals surface area contributed by atoms with Gasteiger partial charge in [0.2, 0.25) is 0 Å². The van der Waals surface area contributed by atoms with E-state index in [1.54, 1.807) is 6.26 Å². The normalized spacial score (nSPS) is 17.7. The van der Waals surface area contributed by atoms with Crippen molar-refractivity contribution >= 4 is 10.9 Å². The summed E-state index contributed by atoms with van der Waals surface area (Å²) in [5.74, 6) is 2.49. The van der Waals surface area contributed by atoms with E-state index in [4.69, 9.17) is 14.2 Å². The van der Waals surface area contributed by atoms with Gasteiger partial charge in [0.05, 0.1) is 29.6 Å². The second kappa shape index (κ2) is 8.21. The molecule has 35 heavy (non-hydrogen) atoms. The summed E-state index contributed by atoms with van der Waals surface area (Å²) >= 11 is 0. The van der Waals surface area contributed by atoms with Gasteiger partial charge >= 0.3 is 0 Å². The summed E-state index contributed by atoms with van der Waals surface area (Å²) in [6.45, 7) is 2.26. The van der Waals surface area contributed by atoms with Crippen LogP contribution in [0.2, 0.25) is 0 Å². The van der Waals surface area contributed by atoms with E-state index < -0.39 is 0 Å². The number of nitrogens with one attached hydrogen (secondary N) is 2. The Kier molecular flexibility index (Phi) is 4.73. The first-order chi connectivity index (χ1) is 17.3. The first-order valence-corrected chi connectivity index (χ1v) is 11.8. The molecule has 2 aliphatic rings. The third-order valence-electron chi connectivity index (χ3n) is 6.77. The number of aromatic amines is 2. The lowest BCUT2D eigenvalue weighted by Crippen LogP contribution is -2.31. The van der Waals surface area contributed by atoms with Gasteiger partial charge in [0.1, 0.15) is 17.8 Å². The van der Waals surface area contributed by atoms with Crippen molar-refractivity contribution < 1.29 is 9.26 Å². The predicted molar refractivity (Wildman–Crippen MR) is 130 cm³/mol. The van der Waals surface area contributed by atoms with Crippen LogP contribution in [-0.2, 0) is 13.0 Å². The van der Waals surface area contributed by atoms with Crippen LogP contribution in [0, 0.1) is 0 Å². The lowest BCUT2D eigenvalue weighted by atomic mass is 10.0. The minimum atomic E-state index is 0.0970. The average Bonchev–Trinajstić information content (AvgIpc) is 3.70. The van der Waals surface area contributed by atoms with Gasteiger partial charge in [-0.15, -0.1) is 0 Å². The first-order valence-electron chi connectivity index (χ1n) is 11.8. The average molecular weight is 466 g/mol. The molecule has 2 N–H and O–H groups in total. The van der Waals surface area contributed by atoms with Gasteiger partial charge in [0.15, 0.2) is 5.82 Å². The Labute approximate surface area is 200 Å². The molecule has 0 spiro atoms. The molecule has 9 nitrogen and oxygen atoms in total. The Morgan fingerprint density at radius 3 is 2.91 bits per heavy atom. The Hall–Kier alpha value is -4.24. The van der Waals surface area contributed by atoms with Crippen LogP contribution in [0.5, 0.6) is 5.75 Å². The van der Waals surface area contributed by atoms with E-state index in [0.29, 0.717) is 12.4 Å². The summed E-state index contributed by atoms with van der Waals surface area (Å²) < 4.78 is 10.7. The highest BCUT2D eigenvalue weighted by Crippen LogP contribution is 2.34. The number of aromatic nitrogens is 6. The van der Waals surface area contributed by atoms with E-state index in [0.717, 1.165) is 71.0 Å². The quantitative estimate of drug-likeness (QED) is 0.369. The van der Waals surface area contributed by atoms with Crippen molar-refractivity contribution in [1.82, 2.24) is 35.4 Å². The summed E-state index contributed by atoms with van der Waals surface area (Å²) in [5, 5.41) is 20.6. The number of rotatable bonds is 5. The van der Waals surface area contributed by atoms with Crippen molar-refractivity contribution in [3.05, 3.63) is 78.0 Å². The Balaban J connectivity index is 1.20. The number of ether oxygens (including phenoxy) is 1. The fraction of sp³-hybridized carbons (Fsp3) is 0.231. The molecule has 0 aliphatic carbocycles. The maximum absolute atomic E-state index is 5.66. The van der Waals surface area contributed by atoms with E-state index in [9.17, 15) is 0 Å². The van der Waals surface area contributed by atoms with E-state index in [2.05, 4.69) is 60.8 Å². The Morgan fingerprint density at radius 1 is 1.00 bits per heavy atom. The highest BCUT2D eigenvalue weighted by Gasteiger charge is 2.26. The van der Waals surface area contributed by atoms with E-state index in [1.165, 1.54) is 5.56 Å². The number of H-pyrrole nitrogens is 2. The Bertz CT molecular complexity index is 1530. The SMILES string of the molecule is C1=CCN(Cc2ccon2)[C@@H](c2nc(-c3ccc4[nH]nc(-c5ccc6c(c5)CCO6)c4c3)n[nH]2)C1. The van der Waals surface area contributed by atoms with Crippen LogP contribution in [-0.4, -0.2) is 48.6 Å². The van der Waals surface area contributed by atoms with Gasteiger partial charge < -0.3 is 9.26 Å². The fourth-order valence-corrected chi connectivity index (χ4v) is 4.96. The standard InChI is InChI=1S/C26H23N7O2/c1-2-10-33(15-19-9-12-35-32-19)22(3-1)26-27-25(30-31-26)18-4-6-21-20(14-18)24(29-28-21)17-5-7-23-16(13-17)8-11-34-23/h1-2,4-7,9,12-14,22H,3,8,10-11,15H2,(H,28,29)(H,27,30,31)/t22-/m1/s1. The zero-order chi connectivity index (χ0) is 23.2. The molecule has 5 heterocycles. The molecule has 0 saturated heterocycles. The molecule has 174 valence electrons. The number of hydrogen-bond donors (Lipinski definition) is 2. The molecule has 0 radical (unpaired) electrons. The molecule has 0 amide bonds. The number of nitrogens with zero attached hydrogens (tertiary/aromatic N) is 5. The van der Waals surface area contributed by atoms with Crippen LogP contribution in [0.3, 0.4) is 0 Å². The van der Waals surface area contributed by atoms with Gasteiger partial charge in [0, 0.05) is 42.1 Å². The van der Waals surface area contributed by atoms with Gasteiger partial charge in [-0.05, 0) is 48.4 Å². The summed E-state index contributed by atoms with van der Waals surface area (Å²) in [6.07, 6.45) is 7.76. The molecule has 7 rings (SSSR count). The molecule has 2 aromatic carbocycles. The third kappa shape index (κ3) is 3.60. The van der Waals surface area contributed by atoms with Crippen LogP contribution in [0.25, 0.3) is 33.5 Å². The van der Waals surface area contributed by atoms with Crippen molar-refractivity contribution in [2.75, 3.05) is 13.2 Å². The fourth-order valence-electron chi connectivity index (χ4n) is 4.96. The molecule has 5 aromatic rings. The summed E-state index contributed by atoms with van der Waals surface area (Å²) in [4.78, 5) is 7.21. The van der Waals surface area contributed by atoms with E-state index in [-0.39, 0.29) is 6.04 Å². The van der Waals surface area contributed by atoms with Gasteiger partial charge in [-0.3, -0.25) is 15.1 Å². The topological polar surface area (TPSA) is 109 Å². The smallest absolute Gasteiger partial charge is 0.181 e. The lowest BCUT2D eigenvalue weighted by Gasteiger charge is -2.30.